The van der Waals surface area contributed by atoms with Crippen LogP contribution in [0, 0.1) is 6.92 Å². The number of anilines is 1. The van der Waals surface area contributed by atoms with Gasteiger partial charge in [-0.15, -0.1) is 0 Å². The van der Waals surface area contributed by atoms with Crippen LogP contribution in [-0.2, 0) is 0 Å². The van der Waals surface area contributed by atoms with Gasteiger partial charge >= 0.3 is 0 Å². The molecule has 6 heteroatoms. The van der Waals surface area contributed by atoms with E-state index < -0.39 is 0 Å². The second-order valence-corrected chi connectivity index (χ2v) is 6.86. The Hall–Kier alpha value is -3.15. The van der Waals surface area contributed by atoms with Crippen molar-refractivity contribution in [2.45, 2.75) is 33.6 Å². The lowest BCUT2D eigenvalue weighted by molar-refractivity contribution is 0.0752. The second-order valence-electron chi connectivity index (χ2n) is 6.86. The molecule has 0 aliphatic rings. The quantitative estimate of drug-likeness (QED) is 0.671. The van der Waals surface area contributed by atoms with Crippen LogP contribution in [0.25, 0.3) is 5.52 Å². The van der Waals surface area contributed by atoms with Gasteiger partial charge in [0.1, 0.15) is 0 Å². The van der Waals surface area contributed by atoms with E-state index in [1.54, 1.807) is 15.5 Å². The summed E-state index contributed by atoms with van der Waals surface area (Å²) in [7, 11) is 0. The van der Waals surface area contributed by atoms with Crippen molar-refractivity contribution in [3.63, 3.8) is 0 Å². The highest BCUT2D eigenvalue weighted by molar-refractivity contribution is 6.06. The predicted molar refractivity (Wildman–Crippen MR) is 111 cm³/mol. The summed E-state index contributed by atoms with van der Waals surface area (Å²) in [5, 5.41) is 2.88. The predicted octanol–water partition coefficient (Wildman–Crippen LogP) is 4.16. The van der Waals surface area contributed by atoms with Crippen molar-refractivity contribution in [1.29, 1.82) is 0 Å². The molecule has 0 unspecified atom stereocenters. The third-order valence-electron chi connectivity index (χ3n) is 4.50. The van der Waals surface area contributed by atoms with Crippen molar-refractivity contribution in [2.75, 3.05) is 18.4 Å². The summed E-state index contributed by atoms with van der Waals surface area (Å²) in [6.07, 6.45) is 3.50. The van der Waals surface area contributed by atoms with Gasteiger partial charge in [0.15, 0.2) is 5.69 Å². The van der Waals surface area contributed by atoms with E-state index >= 15 is 0 Å². The van der Waals surface area contributed by atoms with E-state index in [1.165, 1.54) is 0 Å². The molecule has 0 spiro atoms. The fraction of sp³-hybridized carbons (Fsp3) is 0.318. The molecule has 3 aromatic rings. The number of carbonyl (C=O) groups is 2. The lowest BCUT2D eigenvalue weighted by atomic mass is 10.2. The zero-order valence-electron chi connectivity index (χ0n) is 16.6. The minimum absolute atomic E-state index is 0.137. The normalized spacial score (nSPS) is 10.8. The Kier molecular flexibility index (Phi) is 6.09. The third kappa shape index (κ3) is 4.06. The maximum Gasteiger partial charge on any atom is 0.292 e. The van der Waals surface area contributed by atoms with Gasteiger partial charge in [0.2, 0.25) is 5.82 Å². The number of pyridine rings is 1. The van der Waals surface area contributed by atoms with Gasteiger partial charge in [-0.25, -0.2) is 4.98 Å². The van der Waals surface area contributed by atoms with Crippen LogP contribution in [0.1, 0.15) is 53.4 Å². The van der Waals surface area contributed by atoms with Crippen molar-refractivity contribution in [3.05, 3.63) is 65.7 Å². The van der Waals surface area contributed by atoms with Crippen molar-refractivity contribution in [2.24, 2.45) is 0 Å². The molecule has 0 saturated carbocycles. The Balaban J connectivity index is 1.98. The summed E-state index contributed by atoms with van der Waals surface area (Å²) in [6.45, 7) is 7.39. The number of fused-ring (bicyclic) bond motifs is 1. The fourth-order valence-electron chi connectivity index (χ4n) is 3.27. The molecule has 28 heavy (non-hydrogen) atoms. The molecule has 146 valence electrons. The highest BCUT2D eigenvalue weighted by Gasteiger charge is 2.24. The number of rotatable bonds is 7. The lowest BCUT2D eigenvalue weighted by Gasteiger charge is -2.20. The number of hydrogen-bond acceptors (Lipinski definition) is 3. The van der Waals surface area contributed by atoms with E-state index in [1.807, 2.05) is 63.2 Å². The van der Waals surface area contributed by atoms with Crippen LogP contribution in [0.5, 0.6) is 0 Å². The number of aryl methyl sites for hydroxylation is 1. The average molecular weight is 378 g/mol. The number of benzene rings is 1. The van der Waals surface area contributed by atoms with Crippen molar-refractivity contribution in [1.82, 2.24) is 14.3 Å². The van der Waals surface area contributed by atoms with E-state index in [2.05, 4.69) is 10.3 Å². The van der Waals surface area contributed by atoms with Crippen LogP contribution in [0.2, 0.25) is 0 Å². The number of carbonyl (C=O) groups excluding carboxylic acids is 2. The summed E-state index contributed by atoms with van der Waals surface area (Å²) in [6, 6.07) is 13.1. The molecule has 0 radical (unpaired) electrons. The molecule has 6 nitrogen and oxygen atoms in total. The highest BCUT2D eigenvalue weighted by Crippen LogP contribution is 2.18. The average Bonchev–Trinajstić information content (AvgIpc) is 3.07. The topological polar surface area (TPSA) is 66.7 Å². The molecule has 1 aromatic carbocycles. The van der Waals surface area contributed by atoms with Crippen LogP contribution < -0.4 is 5.32 Å². The first kappa shape index (κ1) is 19.6. The summed E-state index contributed by atoms with van der Waals surface area (Å²) < 4.78 is 1.68. The molecule has 1 N–H and O–H groups in total. The standard InChI is InChI=1S/C22H26N4O2/c1-4-12-25(13-5-2)22(28)19-18-11-6-7-14-26(18)20(24-19)21(27)23-17-10-8-9-16(3)15-17/h6-11,14-15H,4-5,12-13H2,1-3H3,(H,23,27). The molecular weight excluding hydrogens is 352 g/mol. The maximum atomic E-state index is 13.1. The Morgan fingerprint density at radius 2 is 1.82 bits per heavy atom. The van der Waals surface area contributed by atoms with Gasteiger partial charge in [0.25, 0.3) is 11.8 Å². The van der Waals surface area contributed by atoms with Crippen molar-refractivity contribution < 1.29 is 9.59 Å². The molecule has 0 bridgehead atoms. The van der Waals surface area contributed by atoms with Gasteiger partial charge in [0, 0.05) is 25.0 Å². The van der Waals surface area contributed by atoms with Crippen LogP contribution in [0.15, 0.2) is 48.7 Å². The van der Waals surface area contributed by atoms with Gasteiger partial charge in [0.05, 0.1) is 5.52 Å². The third-order valence-corrected chi connectivity index (χ3v) is 4.50. The minimum Gasteiger partial charge on any atom is -0.337 e. The Bertz CT molecular complexity index is 987. The highest BCUT2D eigenvalue weighted by atomic mass is 16.2. The summed E-state index contributed by atoms with van der Waals surface area (Å²) in [5.74, 6) is -0.279. The molecule has 0 aliphatic heterocycles. The fourth-order valence-corrected chi connectivity index (χ4v) is 3.27. The molecule has 2 heterocycles. The first-order valence-electron chi connectivity index (χ1n) is 9.69. The second kappa shape index (κ2) is 8.69. The Morgan fingerprint density at radius 3 is 2.50 bits per heavy atom. The van der Waals surface area contributed by atoms with E-state index in [0.717, 1.165) is 18.4 Å². The number of imidazole rings is 1. The van der Waals surface area contributed by atoms with E-state index in [9.17, 15) is 9.59 Å². The number of aromatic nitrogens is 2. The van der Waals surface area contributed by atoms with E-state index in [-0.39, 0.29) is 17.6 Å². The molecule has 0 fully saturated rings. The Labute approximate surface area is 165 Å². The molecule has 0 aliphatic carbocycles. The number of hydrogen-bond donors (Lipinski definition) is 1. The van der Waals surface area contributed by atoms with Gasteiger partial charge in [-0.2, -0.15) is 0 Å². The van der Waals surface area contributed by atoms with E-state index in [4.69, 9.17) is 0 Å². The smallest absolute Gasteiger partial charge is 0.292 e. The monoisotopic (exact) mass is 378 g/mol. The first-order chi connectivity index (χ1) is 13.5. The zero-order valence-corrected chi connectivity index (χ0v) is 16.6. The molecular formula is C22H26N4O2. The number of nitrogens with zero attached hydrogens (tertiary/aromatic N) is 3. The summed E-state index contributed by atoms with van der Waals surface area (Å²) in [4.78, 5) is 32.2. The van der Waals surface area contributed by atoms with Gasteiger partial charge < -0.3 is 10.2 Å². The minimum atomic E-state index is -0.344. The lowest BCUT2D eigenvalue weighted by Crippen LogP contribution is -2.33. The Morgan fingerprint density at radius 1 is 1.07 bits per heavy atom. The first-order valence-corrected chi connectivity index (χ1v) is 9.69. The van der Waals surface area contributed by atoms with Crippen LogP contribution >= 0.6 is 0 Å². The van der Waals surface area contributed by atoms with Gasteiger partial charge in [-0.1, -0.05) is 32.0 Å². The maximum absolute atomic E-state index is 13.1. The SMILES string of the molecule is CCCN(CCC)C(=O)c1nc(C(=O)Nc2cccc(C)c2)n2ccccc12. The molecule has 2 amide bonds. The van der Waals surface area contributed by atoms with Gasteiger partial charge in [-0.3, -0.25) is 14.0 Å². The largest absolute Gasteiger partial charge is 0.337 e. The van der Waals surface area contributed by atoms with Crippen LogP contribution in [0.3, 0.4) is 0 Å². The number of nitrogens with one attached hydrogen (secondary N) is 1. The van der Waals surface area contributed by atoms with Crippen molar-refractivity contribution in [3.8, 4) is 0 Å². The van der Waals surface area contributed by atoms with E-state index in [0.29, 0.717) is 30.0 Å². The number of amides is 2. The van der Waals surface area contributed by atoms with Crippen LogP contribution in [-0.4, -0.2) is 39.2 Å². The summed E-state index contributed by atoms with van der Waals surface area (Å²) >= 11 is 0. The van der Waals surface area contributed by atoms with Crippen LogP contribution in [0.4, 0.5) is 5.69 Å². The molecule has 3 rings (SSSR count). The molecule has 2 aromatic heterocycles. The molecule has 0 atom stereocenters. The van der Waals surface area contributed by atoms with Gasteiger partial charge in [-0.05, 0) is 49.6 Å². The van der Waals surface area contributed by atoms with Crippen molar-refractivity contribution >= 4 is 23.0 Å². The summed E-state index contributed by atoms with van der Waals surface area (Å²) in [5.41, 5.74) is 2.71. The zero-order chi connectivity index (χ0) is 20.1. The molecule has 0 saturated heterocycles.